The number of rotatable bonds is 1. The summed E-state index contributed by atoms with van der Waals surface area (Å²) >= 11 is 12.1. The fraction of sp³-hybridized carbons (Fsp3) is 0.200. The maximum Gasteiger partial charge on any atom is 0.416 e. The summed E-state index contributed by atoms with van der Waals surface area (Å²) in [7, 11) is 0. The Hall–Kier alpha value is -1.39. The van der Waals surface area contributed by atoms with Crippen molar-refractivity contribution in [2.75, 3.05) is 5.32 Å². The first kappa shape index (κ1) is 14.5. The summed E-state index contributed by atoms with van der Waals surface area (Å²) in [4.78, 5) is 0. The van der Waals surface area contributed by atoms with Gasteiger partial charge in [-0.2, -0.15) is 13.2 Å². The molecule has 0 saturated heterocycles. The number of hydrogen-bond acceptors (Lipinski definition) is 1. The van der Waals surface area contributed by atoms with E-state index in [-0.39, 0.29) is 6.04 Å². The molecule has 1 atom stereocenters. The van der Waals surface area contributed by atoms with Crippen molar-refractivity contribution >= 4 is 28.9 Å². The van der Waals surface area contributed by atoms with Crippen molar-refractivity contribution in [3.8, 4) is 0 Å². The van der Waals surface area contributed by atoms with Gasteiger partial charge in [-0.15, -0.1) is 0 Å². The fourth-order valence-corrected chi connectivity index (χ4v) is 3.09. The summed E-state index contributed by atoms with van der Waals surface area (Å²) < 4.78 is 38.3. The quantitative estimate of drug-likeness (QED) is 0.704. The largest absolute Gasteiger partial charge is 0.416 e. The van der Waals surface area contributed by atoms with E-state index >= 15 is 0 Å². The SMILES string of the molecule is FC(F)(F)c1cccc(C2Cc3c(Cl)cc(Cl)cc3N2)c1. The number of alkyl halides is 3. The van der Waals surface area contributed by atoms with Crippen LogP contribution < -0.4 is 5.32 Å². The Balaban J connectivity index is 1.93. The zero-order valence-electron chi connectivity index (χ0n) is 10.6. The predicted molar refractivity (Wildman–Crippen MR) is 78.0 cm³/mol. The lowest BCUT2D eigenvalue weighted by Crippen LogP contribution is -2.09. The highest BCUT2D eigenvalue weighted by Gasteiger charge is 2.32. The third kappa shape index (κ3) is 2.83. The zero-order chi connectivity index (χ0) is 15.2. The second-order valence-corrected chi connectivity index (χ2v) is 5.78. The molecule has 1 N–H and O–H groups in total. The van der Waals surface area contributed by atoms with Gasteiger partial charge >= 0.3 is 6.18 Å². The summed E-state index contributed by atoms with van der Waals surface area (Å²) in [5, 5.41) is 4.20. The van der Waals surface area contributed by atoms with Crippen molar-refractivity contribution in [1.29, 1.82) is 0 Å². The van der Waals surface area contributed by atoms with Gasteiger partial charge in [-0.25, -0.2) is 0 Å². The molecule has 0 spiro atoms. The lowest BCUT2D eigenvalue weighted by Gasteiger charge is -2.14. The molecular formula is C15H10Cl2F3N. The maximum absolute atomic E-state index is 12.8. The standard InChI is InChI=1S/C15H10Cl2F3N/c16-10-5-12(17)11-7-13(21-14(11)6-10)8-2-1-3-9(4-8)15(18,19)20/h1-6,13,21H,7H2. The van der Waals surface area contributed by atoms with Crippen molar-refractivity contribution < 1.29 is 13.2 Å². The molecule has 0 aliphatic carbocycles. The molecule has 3 rings (SSSR count). The van der Waals surface area contributed by atoms with Crippen LogP contribution in [0.4, 0.5) is 18.9 Å². The van der Waals surface area contributed by atoms with E-state index in [0.717, 1.165) is 17.3 Å². The minimum Gasteiger partial charge on any atom is -0.378 e. The molecule has 1 unspecified atom stereocenters. The van der Waals surface area contributed by atoms with Gasteiger partial charge in [0.1, 0.15) is 0 Å². The third-order valence-electron chi connectivity index (χ3n) is 3.51. The van der Waals surface area contributed by atoms with E-state index < -0.39 is 11.7 Å². The Labute approximate surface area is 129 Å². The molecule has 1 nitrogen and oxygen atoms in total. The highest BCUT2D eigenvalue weighted by Crippen LogP contribution is 2.41. The van der Waals surface area contributed by atoms with E-state index in [1.54, 1.807) is 18.2 Å². The molecule has 0 fully saturated rings. The van der Waals surface area contributed by atoms with Gasteiger partial charge in [-0.3, -0.25) is 0 Å². The predicted octanol–water partition coefficient (Wildman–Crippen LogP) is 5.72. The molecule has 0 aromatic heterocycles. The highest BCUT2D eigenvalue weighted by molar-refractivity contribution is 6.35. The summed E-state index contributed by atoms with van der Waals surface area (Å²) in [6.45, 7) is 0. The Kier molecular flexibility index (Phi) is 3.54. The van der Waals surface area contributed by atoms with Crippen LogP contribution in [0, 0.1) is 0 Å². The van der Waals surface area contributed by atoms with E-state index in [2.05, 4.69) is 5.32 Å². The fourth-order valence-electron chi connectivity index (χ4n) is 2.52. The smallest absolute Gasteiger partial charge is 0.378 e. The first-order valence-corrected chi connectivity index (χ1v) is 7.02. The molecule has 1 heterocycles. The zero-order valence-corrected chi connectivity index (χ0v) is 12.2. The summed E-state index contributed by atoms with van der Waals surface area (Å²) in [5.41, 5.74) is 1.58. The second kappa shape index (κ2) is 5.11. The van der Waals surface area contributed by atoms with Gasteiger partial charge in [0, 0.05) is 22.2 Å². The first-order chi connectivity index (χ1) is 9.84. The summed E-state index contributed by atoms with van der Waals surface area (Å²) in [6, 6.07) is 8.45. The van der Waals surface area contributed by atoms with Crippen LogP contribution in [0.15, 0.2) is 36.4 Å². The molecule has 0 radical (unpaired) electrons. The van der Waals surface area contributed by atoms with Gasteiger partial charge in [0.25, 0.3) is 0 Å². The van der Waals surface area contributed by atoms with Crippen LogP contribution in [0.2, 0.25) is 10.0 Å². The normalized spacial score (nSPS) is 17.5. The monoisotopic (exact) mass is 331 g/mol. The molecule has 6 heteroatoms. The van der Waals surface area contributed by atoms with Crippen molar-refractivity contribution in [2.24, 2.45) is 0 Å². The molecule has 0 amide bonds. The van der Waals surface area contributed by atoms with Crippen LogP contribution in [-0.4, -0.2) is 0 Å². The minimum atomic E-state index is -4.34. The number of fused-ring (bicyclic) bond motifs is 1. The van der Waals surface area contributed by atoms with E-state index in [4.69, 9.17) is 23.2 Å². The van der Waals surface area contributed by atoms with Crippen LogP contribution in [-0.2, 0) is 12.6 Å². The van der Waals surface area contributed by atoms with Crippen molar-refractivity contribution in [2.45, 2.75) is 18.6 Å². The Morgan fingerprint density at radius 3 is 2.57 bits per heavy atom. The van der Waals surface area contributed by atoms with Crippen molar-refractivity contribution in [3.05, 3.63) is 63.1 Å². The molecule has 1 aliphatic heterocycles. The average molecular weight is 332 g/mol. The van der Waals surface area contributed by atoms with Gasteiger partial charge in [0.15, 0.2) is 0 Å². The van der Waals surface area contributed by atoms with E-state index in [1.165, 1.54) is 12.1 Å². The Bertz CT molecular complexity index is 698. The van der Waals surface area contributed by atoms with Gasteiger partial charge < -0.3 is 5.32 Å². The topological polar surface area (TPSA) is 12.0 Å². The molecule has 0 saturated carbocycles. The molecule has 21 heavy (non-hydrogen) atoms. The summed E-state index contributed by atoms with van der Waals surface area (Å²) in [5.74, 6) is 0. The molecule has 2 aromatic rings. The number of anilines is 1. The van der Waals surface area contributed by atoms with E-state index in [1.807, 2.05) is 0 Å². The van der Waals surface area contributed by atoms with Crippen LogP contribution in [0.3, 0.4) is 0 Å². The molecular weight excluding hydrogens is 322 g/mol. The number of nitrogens with one attached hydrogen (secondary N) is 1. The summed E-state index contributed by atoms with van der Waals surface area (Å²) in [6.07, 6.45) is -3.81. The average Bonchev–Trinajstić information content (AvgIpc) is 2.82. The Morgan fingerprint density at radius 1 is 1.10 bits per heavy atom. The molecule has 1 aliphatic rings. The van der Waals surface area contributed by atoms with Gasteiger partial charge in [-0.1, -0.05) is 35.3 Å². The van der Waals surface area contributed by atoms with E-state index in [0.29, 0.717) is 22.0 Å². The third-order valence-corrected chi connectivity index (χ3v) is 4.07. The van der Waals surface area contributed by atoms with Crippen molar-refractivity contribution in [1.82, 2.24) is 0 Å². The minimum absolute atomic E-state index is 0.238. The van der Waals surface area contributed by atoms with Crippen LogP contribution in [0.5, 0.6) is 0 Å². The van der Waals surface area contributed by atoms with E-state index in [9.17, 15) is 13.2 Å². The molecule has 2 aromatic carbocycles. The molecule has 110 valence electrons. The number of halogens is 5. The maximum atomic E-state index is 12.8. The van der Waals surface area contributed by atoms with Gasteiger partial charge in [0.05, 0.1) is 11.6 Å². The first-order valence-electron chi connectivity index (χ1n) is 6.26. The van der Waals surface area contributed by atoms with Crippen molar-refractivity contribution in [3.63, 3.8) is 0 Å². The molecule has 0 bridgehead atoms. The van der Waals surface area contributed by atoms with Gasteiger partial charge in [0.2, 0.25) is 0 Å². The second-order valence-electron chi connectivity index (χ2n) is 4.94. The van der Waals surface area contributed by atoms with Crippen LogP contribution in [0.1, 0.15) is 22.7 Å². The lowest BCUT2D eigenvalue weighted by molar-refractivity contribution is -0.137. The number of benzene rings is 2. The number of hydrogen-bond donors (Lipinski definition) is 1. The highest BCUT2D eigenvalue weighted by atomic mass is 35.5. The van der Waals surface area contributed by atoms with Gasteiger partial charge in [-0.05, 0) is 35.4 Å². The van der Waals surface area contributed by atoms with Crippen LogP contribution >= 0.6 is 23.2 Å². The lowest BCUT2D eigenvalue weighted by atomic mass is 10.0. The van der Waals surface area contributed by atoms with Crippen LogP contribution in [0.25, 0.3) is 0 Å². The Morgan fingerprint density at radius 2 is 1.86 bits per heavy atom.